The first-order valence-electron chi connectivity index (χ1n) is 8.80. The fraction of sp³-hybridized carbons (Fsp3) is 0.562. The molecule has 29 heavy (non-hydrogen) atoms. The summed E-state index contributed by atoms with van der Waals surface area (Å²) in [6.07, 6.45) is -8.17. The number of hydrogen-bond donors (Lipinski definition) is 1. The van der Waals surface area contributed by atoms with Crippen LogP contribution in [0.5, 0.6) is 11.5 Å². The average Bonchev–Trinajstić information content (AvgIpc) is 2.51. The average molecular weight is 438 g/mol. The van der Waals surface area contributed by atoms with E-state index in [2.05, 4.69) is 0 Å². The summed E-state index contributed by atoms with van der Waals surface area (Å²) >= 11 is 0. The summed E-state index contributed by atoms with van der Waals surface area (Å²) in [7, 11) is -1.54. The maximum atomic E-state index is 13.1. The summed E-state index contributed by atoms with van der Waals surface area (Å²) in [6.45, 7) is 4.96. The van der Waals surface area contributed by atoms with E-state index in [1.165, 1.54) is 12.1 Å². The van der Waals surface area contributed by atoms with E-state index in [1.807, 2.05) is 0 Å². The van der Waals surface area contributed by atoms with Gasteiger partial charge in [-0.1, -0.05) is 12.6 Å². The summed E-state index contributed by atoms with van der Waals surface area (Å²) in [5, 5.41) is 0. The molecule has 0 bridgehead atoms. The molecule has 7 nitrogen and oxygen atoms in total. The second-order valence-electron chi connectivity index (χ2n) is 7.24. The number of rotatable bonds is 7. The molecule has 0 saturated heterocycles. The Morgan fingerprint density at radius 3 is 1.97 bits per heavy atom. The van der Waals surface area contributed by atoms with Crippen molar-refractivity contribution in [3.05, 3.63) is 23.3 Å². The Morgan fingerprint density at radius 2 is 1.62 bits per heavy atom. The van der Waals surface area contributed by atoms with Crippen molar-refractivity contribution in [1.29, 1.82) is 0 Å². The number of alkyl halides is 3. The molecule has 0 fully saturated rings. The number of benzene rings is 1. The first-order chi connectivity index (χ1) is 13.1. The van der Waals surface area contributed by atoms with Crippen molar-refractivity contribution in [2.45, 2.75) is 51.3 Å². The van der Waals surface area contributed by atoms with Crippen LogP contribution in [0.2, 0.25) is 0 Å². The zero-order chi connectivity index (χ0) is 22.6. The third-order valence-corrected chi connectivity index (χ3v) is 4.28. The van der Waals surface area contributed by atoms with Crippen molar-refractivity contribution < 1.29 is 45.1 Å². The summed E-state index contributed by atoms with van der Waals surface area (Å²) < 4.78 is 85.2. The van der Waals surface area contributed by atoms with Gasteiger partial charge < -0.3 is 14.2 Å². The smallest absolute Gasteiger partial charge is 0.480 e. The van der Waals surface area contributed by atoms with E-state index < -0.39 is 39.9 Å². The Balaban J connectivity index is 3.26. The maximum Gasteiger partial charge on any atom is 0.514 e. The van der Waals surface area contributed by atoms with Gasteiger partial charge in [-0.3, -0.25) is 4.55 Å². The predicted octanol–water partition coefficient (Wildman–Crippen LogP) is 1.46. The SMILES string of the molecule is BCc1cc(OC(CS(=O)(=O)O)C(F)(F)F)cc(CB)c1OC(=O)OC(C)(C)C. The number of ether oxygens (including phenoxy) is 3. The number of halogens is 3. The molecule has 1 unspecified atom stereocenters. The van der Waals surface area contributed by atoms with Crippen molar-refractivity contribution in [2.75, 3.05) is 5.75 Å². The van der Waals surface area contributed by atoms with Gasteiger partial charge >= 0.3 is 12.3 Å². The third-order valence-electron chi connectivity index (χ3n) is 3.56. The number of carbonyl (C=O) groups excluding carboxylic acids is 1. The molecule has 13 heteroatoms. The van der Waals surface area contributed by atoms with Crippen LogP contribution in [0.3, 0.4) is 0 Å². The highest BCUT2D eigenvalue weighted by Crippen LogP contribution is 2.33. The highest BCUT2D eigenvalue weighted by Gasteiger charge is 2.44. The summed E-state index contributed by atoms with van der Waals surface area (Å²) in [5.74, 6) is -1.76. The Hall–Kier alpha value is -1.88. The third kappa shape index (κ3) is 8.57. The van der Waals surface area contributed by atoms with Gasteiger partial charge in [-0.05, 0) is 44.0 Å². The molecule has 0 amide bonds. The molecule has 0 spiro atoms. The number of carbonyl (C=O) groups is 1. The lowest BCUT2D eigenvalue weighted by Crippen LogP contribution is -2.40. The zero-order valence-electron chi connectivity index (χ0n) is 16.8. The van der Waals surface area contributed by atoms with Gasteiger partial charge in [0.2, 0.25) is 6.10 Å². The number of hydrogen-bond acceptors (Lipinski definition) is 6. The second kappa shape index (κ2) is 9.29. The van der Waals surface area contributed by atoms with Crippen molar-refractivity contribution in [2.24, 2.45) is 0 Å². The minimum absolute atomic E-state index is 0.148. The largest absolute Gasteiger partial charge is 0.514 e. The van der Waals surface area contributed by atoms with E-state index in [9.17, 15) is 26.4 Å². The van der Waals surface area contributed by atoms with E-state index in [-0.39, 0.29) is 24.1 Å². The molecule has 0 aliphatic rings. The first-order valence-corrected chi connectivity index (χ1v) is 10.4. The topological polar surface area (TPSA) is 99.1 Å². The molecular weight excluding hydrogens is 415 g/mol. The van der Waals surface area contributed by atoms with Crippen LogP contribution in [-0.2, 0) is 27.5 Å². The fourth-order valence-electron chi connectivity index (χ4n) is 2.35. The van der Waals surface area contributed by atoms with Crippen molar-refractivity contribution in [3.63, 3.8) is 0 Å². The van der Waals surface area contributed by atoms with Gasteiger partial charge in [0.25, 0.3) is 10.1 Å². The monoisotopic (exact) mass is 438 g/mol. The summed E-state index contributed by atoms with van der Waals surface area (Å²) in [4.78, 5) is 12.0. The van der Waals surface area contributed by atoms with Crippen LogP contribution in [0.25, 0.3) is 0 Å². The van der Waals surface area contributed by atoms with E-state index in [1.54, 1.807) is 36.5 Å². The molecule has 0 saturated carbocycles. The second-order valence-corrected chi connectivity index (χ2v) is 8.74. The Kier molecular flexibility index (Phi) is 8.06. The van der Waals surface area contributed by atoms with Gasteiger partial charge in [0.05, 0.1) is 0 Å². The van der Waals surface area contributed by atoms with Crippen LogP contribution in [-0.4, -0.2) is 58.5 Å². The van der Waals surface area contributed by atoms with Crippen LogP contribution < -0.4 is 9.47 Å². The molecule has 1 atom stereocenters. The molecule has 0 aliphatic heterocycles. The molecule has 0 radical (unpaired) electrons. The lowest BCUT2D eigenvalue weighted by Gasteiger charge is -2.23. The van der Waals surface area contributed by atoms with Crippen molar-refractivity contribution >= 4 is 32.0 Å². The van der Waals surface area contributed by atoms with E-state index in [0.29, 0.717) is 11.1 Å². The zero-order valence-corrected chi connectivity index (χ0v) is 17.6. The molecule has 1 aromatic rings. The molecule has 0 aromatic heterocycles. The highest BCUT2D eigenvalue weighted by atomic mass is 32.2. The molecule has 0 aliphatic carbocycles. The highest BCUT2D eigenvalue weighted by molar-refractivity contribution is 7.85. The van der Waals surface area contributed by atoms with E-state index in [4.69, 9.17) is 18.8 Å². The minimum Gasteiger partial charge on any atom is -0.480 e. The lowest BCUT2D eigenvalue weighted by molar-refractivity contribution is -0.188. The summed E-state index contributed by atoms with van der Waals surface area (Å²) in [5.41, 5.74) is -0.0507. The van der Waals surface area contributed by atoms with Crippen LogP contribution >= 0.6 is 0 Å². The van der Waals surface area contributed by atoms with Crippen molar-refractivity contribution in [3.8, 4) is 11.5 Å². The molecule has 1 aromatic carbocycles. The van der Waals surface area contributed by atoms with Gasteiger partial charge in [0, 0.05) is 0 Å². The van der Waals surface area contributed by atoms with E-state index >= 15 is 0 Å². The molecule has 1 N–H and O–H groups in total. The van der Waals surface area contributed by atoms with Gasteiger partial charge in [-0.25, -0.2) is 4.79 Å². The maximum absolute atomic E-state index is 13.1. The van der Waals surface area contributed by atoms with Gasteiger partial charge in [0.15, 0.2) is 0 Å². The Morgan fingerprint density at radius 1 is 1.14 bits per heavy atom. The molecule has 162 valence electrons. The van der Waals surface area contributed by atoms with Crippen LogP contribution in [0.1, 0.15) is 31.9 Å². The Labute approximate surface area is 169 Å². The standard InChI is InChI=1S/C16H23B2F3O7S/c1-15(2,3)28-14(22)27-13-9(6-17)4-11(5-10(13)7-18)26-12(16(19,20)21)8-29(23,24)25/h4-5,12H,6-8,17-18H2,1-3H3,(H,23,24,25). The van der Waals surface area contributed by atoms with Crippen molar-refractivity contribution in [1.82, 2.24) is 0 Å². The van der Waals surface area contributed by atoms with Gasteiger partial charge in [-0.15, -0.1) is 0 Å². The van der Waals surface area contributed by atoms with Crippen LogP contribution in [0.4, 0.5) is 18.0 Å². The lowest BCUT2D eigenvalue weighted by atomic mass is 9.89. The van der Waals surface area contributed by atoms with Crippen LogP contribution in [0, 0.1) is 0 Å². The molecule has 1 rings (SSSR count). The fourth-order valence-corrected chi connectivity index (χ4v) is 2.99. The summed E-state index contributed by atoms with van der Waals surface area (Å²) in [6, 6.07) is 2.45. The molecule has 0 heterocycles. The minimum atomic E-state index is -5.03. The first kappa shape index (κ1) is 25.2. The van der Waals surface area contributed by atoms with Gasteiger partial charge in [-0.2, -0.15) is 21.6 Å². The quantitative estimate of drug-likeness (QED) is 0.298. The predicted molar refractivity (Wildman–Crippen MR) is 105 cm³/mol. The van der Waals surface area contributed by atoms with Gasteiger partial charge in [0.1, 0.15) is 38.5 Å². The van der Waals surface area contributed by atoms with E-state index in [0.717, 1.165) is 0 Å². The molecular formula is C16H23B2F3O7S. The Bertz CT molecular complexity index is 811. The normalized spacial score (nSPS) is 13.6. The van der Waals surface area contributed by atoms with Crippen LogP contribution in [0.15, 0.2) is 12.1 Å².